The lowest BCUT2D eigenvalue weighted by atomic mass is 10.1. The first-order chi connectivity index (χ1) is 14.9. The van der Waals surface area contributed by atoms with E-state index >= 15 is 0 Å². The van der Waals surface area contributed by atoms with E-state index in [9.17, 15) is 14.5 Å². The highest BCUT2D eigenvalue weighted by molar-refractivity contribution is 7.98. The lowest BCUT2D eigenvalue weighted by Crippen LogP contribution is -2.13. The zero-order valence-electron chi connectivity index (χ0n) is 17.1. The fourth-order valence-corrected chi connectivity index (χ4v) is 4.32. The van der Waals surface area contributed by atoms with Gasteiger partial charge in [0.15, 0.2) is 17.8 Å². The molecule has 10 heteroatoms. The molecule has 31 heavy (non-hydrogen) atoms. The Bertz CT molecular complexity index is 1120. The van der Waals surface area contributed by atoms with Crippen LogP contribution in [0.25, 0.3) is 11.4 Å². The van der Waals surface area contributed by atoms with E-state index in [0.717, 1.165) is 0 Å². The van der Waals surface area contributed by atoms with Crippen molar-refractivity contribution in [1.82, 2.24) is 14.8 Å². The summed E-state index contributed by atoms with van der Waals surface area (Å²) in [5, 5.41) is 20.5. The van der Waals surface area contributed by atoms with Crippen molar-refractivity contribution in [3.05, 3.63) is 63.5 Å². The minimum Gasteiger partial charge on any atom is -0.467 e. The molecule has 3 aromatic rings. The number of ether oxygens (including phenoxy) is 2. The second-order valence-corrected chi connectivity index (χ2v) is 8.48. The maximum Gasteiger partial charge on any atom is 0.270 e. The molecule has 0 fully saturated rings. The zero-order chi connectivity index (χ0) is 22.0. The highest BCUT2D eigenvalue weighted by atomic mass is 32.2. The van der Waals surface area contributed by atoms with Gasteiger partial charge < -0.3 is 14.0 Å². The molecule has 0 N–H and O–H groups in total. The zero-order valence-corrected chi connectivity index (χ0v) is 17.9. The average molecular weight is 444 g/mol. The molecule has 162 valence electrons. The Hall–Kier alpha value is -2.98. The number of hydrogen-bond acceptors (Lipinski definition) is 7. The number of benzene rings is 2. The summed E-state index contributed by atoms with van der Waals surface area (Å²) in [6.07, 6.45) is 0. The van der Waals surface area contributed by atoms with E-state index < -0.39 is 4.92 Å². The van der Waals surface area contributed by atoms with Gasteiger partial charge in [0, 0.05) is 35.6 Å². The van der Waals surface area contributed by atoms with Crippen LogP contribution >= 0.6 is 11.8 Å². The summed E-state index contributed by atoms with van der Waals surface area (Å²) in [7, 11) is 0. The molecule has 2 aromatic carbocycles. The Morgan fingerprint density at radius 1 is 1.29 bits per heavy atom. The Labute approximate surface area is 182 Å². The number of non-ortho nitro benzene ring substituents is 1. The first-order valence-electron chi connectivity index (χ1n) is 9.75. The van der Waals surface area contributed by atoms with Crippen LogP contribution in [0.15, 0.2) is 41.6 Å². The summed E-state index contributed by atoms with van der Waals surface area (Å²) in [4.78, 5) is 10.9. The van der Waals surface area contributed by atoms with Crippen LogP contribution in [0.5, 0.6) is 5.75 Å². The molecule has 0 saturated carbocycles. The number of nitrogens with zero attached hydrogens (tertiary/aromatic N) is 4. The van der Waals surface area contributed by atoms with Gasteiger partial charge in [0.1, 0.15) is 11.6 Å². The van der Waals surface area contributed by atoms with Crippen LogP contribution in [0.2, 0.25) is 0 Å². The fourth-order valence-electron chi connectivity index (χ4n) is 3.40. The van der Waals surface area contributed by atoms with E-state index in [1.54, 1.807) is 18.2 Å². The van der Waals surface area contributed by atoms with E-state index in [1.807, 2.05) is 4.57 Å². The summed E-state index contributed by atoms with van der Waals surface area (Å²) in [6, 6.07) is 9.44. The van der Waals surface area contributed by atoms with E-state index in [4.69, 9.17) is 9.47 Å². The van der Waals surface area contributed by atoms with Gasteiger partial charge in [-0.05, 0) is 18.1 Å². The number of nitro groups is 1. The lowest BCUT2D eigenvalue weighted by Gasteiger charge is -2.20. The minimum absolute atomic E-state index is 0.0147. The number of rotatable bonds is 7. The molecule has 0 atom stereocenters. The molecular formula is C21H21FN4O4S. The van der Waals surface area contributed by atoms with Crippen LogP contribution in [0, 0.1) is 21.8 Å². The number of hydrogen-bond donors (Lipinski definition) is 0. The van der Waals surface area contributed by atoms with Crippen LogP contribution in [0.1, 0.15) is 25.0 Å². The largest absolute Gasteiger partial charge is 0.467 e. The van der Waals surface area contributed by atoms with Crippen LogP contribution in [0.4, 0.5) is 10.1 Å². The van der Waals surface area contributed by atoms with Crippen molar-refractivity contribution < 1.29 is 18.8 Å². The van der Waals surface area contributed by atoms with Crippen molar-refractivity contribution in [3.63, 3.8) is 0 Å². The van der Waals surface area contributed by atoms with Gasteiger partial charge in [0.05, 0.1) is 17.1 Å². The second kappa shape index (κ2) is 9.03. The summed E-state index contributed by atoms with van der Waals surface area (Å²) in [5.41, 5.74) is 1.70. The van der Waals surface area contributed by atoms with Crippen LogP contribution in [-0.2, 0) is 23.6 Å². The molecule has 4 rings (SSSR count). The molecule has 0 unspecified atom stereocenters. The van der Waals surface area contributed by atoms with Gasteiger partial charge in [-0.3, -0.25) is 10.1 Å². The number of aromatic nitrogens is 3. The third-order valence-corrected chi connectivity index (χ3v) is 5.73. The van der Waals surface area contributed by atoms with Gasteiger partial charge in [0.2, 0.25) is 0 Å². The highest BCUT2D eigenvalue weighted by Gasteiger charge is 2.23. The van der Waals surface area contributed by atoms with Crippen molar-refractivity contribution >= 4 is 17.4 Å². The van der Waals surface area contributed by atoms with Crippen molar-refractivity contribution in [2.45, 2.75) is 37.9 Å². The van der Waals surface area contributed by atoms with E-state index in [-0.39, 0.29) is 30.8 Å². The average Bonchev–Trinajstić information content (AvgIpc) is 3.13. The molecule has 0 bridgehead atoms. The molecule has 1 aromatic heterocycles. The standard InChI is InChI=1S/C21H21FN4O4S/c1-13(2)9-25-20(17-5-3-4-6-18(17)22)23-24-21(25)31-11-15-8-16(26(27)28)7-14-10-29-12-30-19(14)15/h3-8,13H,9-12H2,1-2H3. The van der Waals surface area contributed by atoms with Crippen molar-refractivity contribution in [2.75, 3.05) is 6.79 Å². The molecule has 8 nitrogen and oxygen atoms in total. The number of halogens is 1. The molecule has 0 amide bonds. The molecule has 0 spiro atoms. The first kappa shape index (κ1) is 21.3. The Balaban J connectivity index is 1.67. The molecular weight excluding hydrogens is 423 g/mol. The predicted molar refractivity (Wildman–Crippen MR) is 113 cm³/mol. The Kier molecular flexibility index (Phi) is 6.19. The molecule has 0 radical (unpaired) electrons. The third-order valence-electron chi connectivity index (χ3n) is 4.72. The van der Waals surface area contributed by atoms with Gasteiger partial charge in [0.25, 0.3) is 5.69 Å². The smallest absolute Gasteiger partial charge is 0.270 e. The van der Waals surface area contributed by atoms with Crippen molar-refractivity contribution in [3.8, 4) is 17.1 Å². The first-order valence-corrected chi connectivity index (χ1v) is 10.7. The quantitative estimate of drug-likeness (QED) is 0.293. The fraction of sp³-hybridized carbons (Fsp3) is 0.333. The highest BCUT2D eigenvalue weighted by Crippen LogP contribution is 2.37. The molecule has 2 heterocycles. The summed E-state index contributed by atoms with van der Waals surface area (Å²) in [6.45, 7) is 5.09. The van der Waals surface area contributed by atoms with E-state index in [1.165, 1.54) is 30.0 Å². The number of fused-ring (bicyclic) bond motifs is 1. The maximum absolute atomic E-state index is 14.4. The van der Waals surface area contributed by atoms with Gasteiger partial charge in [-0.2, -0.15) is 0 Å². The van der Waals surface area contributed by atoms with Gasteiger partial charge in [-0.25, -0.2) is 4.39 Å². The normalized spacial score (nSPS) is 13.2. The Morgan fingerprint density at radius 2 is 2.10 bits per heavy atom. The third kappa shape index (κ3) is 4.54. The molecule has 1 aliphatic rings. The van der Waals surface area contributed by atoms with E-state index in [2.05, 4.69) is 24.0 Å². The predicted octanol–water partition coefficient (Wildman–Crippen LogP) is 4.81. The van der Waals surface area contributed by atoms with Crippen molar-refractivity contribution in [2.24, 2.45) is 5.92 Å². The van der Waals surface area contributed by atoms with Crippen LogP contribution in [-0.4, -0.2) is 26.5 Å². The van der Waals surface area contributed by atoms with Crippen LogP contribution in [0.3, 0.4) is 0 Å². The van der Waals surface area contributed by atoms with Gasteiger partial charge in [-0.15, -0.1) is 10.2 Å². The van der Waals surface area contributed by atoms with Crippen LogP contribution < -0.4 is 4.74 Å². The lowest BCUT2D eigenvalue weighted by molar-refractivity contribution is -0.385. The topological polar surface area (TPSA) is 92.3 Å². The van der Waals surface area contributed by atoms with Crippen molar-refractivity contribution in [1.29, 1.82) is 0 Å². The summed E-state index contributed by atoms with van der Waals surface area (Å²) in [5.74, 6) is 1.37. The van der Waals surface area contributed by atoms with Gasteiger partial charge in [-0.1, -0.05) is 37.7 Å². The SMILES string of the molecule is CC(C)Cn1c(SCc2cc([N+](=O)[O-])cc3c2OCOC3)nnc1-c1ccccc1F. The maximum atomic E-state index is 14.4. The van der Waals surface area contributed by atoms with Gasteiger partial charge >= 0.3 is 0 Å². The Morgan fingerprint density at radius 3 is 2.84 bits per heavy atom. The summed E-state index contributed by atoms with van der Waals surface area (Å²) < 4.78 is 27.1. The minimum atomic E-state index is -0.430. The molecule has 0 aliphatic carbocycles. The monoisotopic (exact) mass is 444 g/mol. The van der Waals surface area contributed by atoms with E-state index in [0.29, 0.717) is 45.7 Å². The molecule has 1 aliphatic heterocycles. The number of nitro benzene ring substituents is 1. The second-order valence-electron chi connectivity index (χ2n) is 7.54. The number of thioether (sulfide) groups is 1. The summed E-state index contributed by atoms with van der Waals surface area (Å²) >= 11 is 1.38. The molecule has 0 saturated heterocycles.